The van der Waals surface area contributed by atoms with Crippen LogP contribution >= 0.6 is 0 Å². The highest BCUT2D eigenvalue weighted by molar-refractivity contribution is 5.71. The average molecular weight is 958 g/mol. The highest BCUT2D eigenvalue weighted by Crippen LogP contribution is 2.14. The van der Waals surface area contributed by atoms with Gasteiger partial charge in [0, 0.05) is 19.3 Å². The maximum Gasteiger partial charge on any atom is 0.306 e. The lowest BCUT2D eigenvalue weighted by Gasteiger charge is -2.18. The Hall–Kier alpha value is -3.93. The van der Waals surface area contributed by atoms with Crippen LogP contribution in [0.5, 0.6) is 0 Å². The molecule has 0 saturated heterocycles. The van der Waals surface area contributed by atoms with Gasteiger partial charge in [0.1, 0.15) is 13.2 Å². The molecule has 0 aliphatic carbocycles. The van der Waals surface area contributed by atoms with Gasteiger partial charge in [-0.1, -0.05) is 239 Å². The van der Waals surface area contributed by atoms with Crippen LogP contribution in [0.3, 0.4) is 0 Å². The number of carbonyl (C=O) groups excluding carboxylic acids is 3. The summed E-state index contributed by atoms with van der Waals surface area (Å²) in [5, 5.41) is 0. The van der Waals surface area contributed by atoms with Crippen LogP contribution in [0.1, 0.15) is 252 Å². The predicted octanol–water partition coefficient (Wildman–Crippen LogP) is 19.1. The molecule has 0 rings (SSSR count). The molecule has 0 N–H and O–H groups in total. The van der Waals surface area contributed by atoms with Crippen LogP contribution in [0.25, 0.3) is 0 Å². The van der Waals surface area contributed by atoms with E-state index < -0.39 is 6.10 Å². The maximum absolute atomic E-state index is 12.8. The highest BCUT2D eigenvalue weighted by atomic mass is 16.6. The molecule has 6 nitrogen and oxygen atoms in total. The molecule has 0 bridgehead atoms. The maximum atomic E-state index is 12.8. The quantitative estimate of drug-likeness (QED) is 0.0262. The van der Waals surface area contributed by atoms with Crippen molar-refractivity contribution in [3.63, 3.8) is 0 Å². The lowest BCUT2D eigenvalue weighted by Crippen LogP contribution is -2.30. The molecule has 69 heavy (non-hydrogen) atoms. The number of rotatable bonds is 50. The normalized spacial score (nSPS) is 12.9. The van der Waals surface area contributed by atoms with E-state index in [0.717, 1.165) is 135 Å². The fourth-order valence-corrected chi connectivity index (χ4v) is 7.58. The molecule has 0 saturated carbocycles. The molecule has 392 valence electrons. The Balaban J connectivity index is 4.32. The van der Waals surface area contributed by atoms with E-state index in [1.54, 1.807) is 0 Å². The summed E-state index contributed by atoms with van der Waals surface area (Å²) in [5.74, 6) is -0.915. The number of esters is 3. The Labute approximate surface area is 425 Å². The second-order valence-electron chi connectivity index (χ2n) is 18.4. The van der Waals surface area contributed by atoms with E-state index in [1.807, 2.05) is 0 Å². The first-order chi connectivity index (χ1) is 34.0. The zero-order valence-electron chi connectivity index (χ0n) is 44.8. The van der Waals surface area contributed by atoms with E-state index >= 15 is 0 Å². The topological polar surface area (TPSA) is 78.9 Å². The van der Waals surface area contributed by atoms with Gasteiger partial charge in [-0.15, -0.1) is 0 Å². The van der Waals surface area contributed by atoms with E-state index in [1.165, 1.54) is 77.0 Å². The van der Waals surface area contributed by atoms with Crippen LogP contribution in [-0.2, 0) is 28.6 Å². The minimum Gasteiger partial charge on any atom is -0.462 e. The molecule has 1 unspecified atom stereocenters. The van der Waals surface area contributed by atoms with Gasteiger partial charge in [0.25, 0.3) is 0 Å². The third-order valence-electron chi connectivity index (χ3n) is 11.8. The Bertz CT molecular complexity index is 1420. The molecule has 0 aliphatic rings. The third kappa shape index (κ3) is 54.9. The summed E-state index contributed by atoms with van der Waals surface area (Å²) >= 11 is 0. The minimum absolute atomic E-state index is 0.0869. The molecule has 6 heteroatoms. The van der Waals surface area contributed by atoms with Crippen molar-refractivity contribution in [2.45, 2.75) is 258 Å². The first kappa shape index (κ1) is 65.1. The second-order valence-corrected chi connectivity index (χ2v) is 18.4. The molecule has 0 aromatic heterocycles. The van der Waals surface area contributed by atoms with Crippen LogP contribution in [-0.4, -0.2) is 37.2 Å². The summed E-state index contributed by atoms with van der Waals surface area (Å²) < 4.78 is 16.8. The monoisotopic (exact) mass is 957 g/mol. The summed E-state index contributed by atoms with van der Waals surface area (Å²) in [4.78, 5) is 38.0. The van der Waals surface area contributed by atoms with Crippen LogP contribution in [0.4, 0.5) is 0 Å². The number of hydrogen-bond acceptors (Lipinski definition) is 6. The van der Waals surface area contributed by atoms with Crippen molar-refractivity contribution in [1.29, 1.82) is 0 Å². The number of carbonyl (C=O) groups is 3. The third-order valence-corrected chi connectivity index (χ3v) is 11.8. The van der Waals surface area contributed by atoms with Crippen molar-refractivity contribution >= 4 is 17.9 Å². The standard InChI is InChI=1S/C63H104O6/c1-4-7-10-13-16-19-21-23-25-27-28-29-30-31-32-33-34-36-37-39-41-44-47-50-53-56-62(65)68-59-60(58-67-61(64)55-52-49-46-43-18-15-12-9-6-3)69-63(66)57-54-51-48-45-42-40-38-35-26-24-22-20-17-14-11-8-5-2/h7-8,10-11,16-17,19-20,23-26,28-29,31-32,34,36,60H,4-6,9,12-15,18,21-22,27,30,33,35,37-59H2,1-3H3/b10-7-,11-8-,19-16-,20-17-,25-23-,26-24-,29-28-,32-31-,36-34-. The van der Waals surface area contributed by atoms with Crippen molar-refractivity contribution in [3.05, 3.63) is 109 Å². The summed E-state index contributed by atoms with van der Waals surface area (Å²) in [5.41, 5.74) is 0. The first-order valence-electron chi connectivity index (χ1n) is 28.4. The molecule has 0 aliphatic heterocycles. The van der Waals surface area contributed by atoms with Gasteiger partial charge in [0.2, 0.25) is 0 Å². The molecule has 0 aromatic carbocycles. The van der Waals surface area contributed by atoms with Crippen molar-refractivity contribution < 1.29 is 28.6 Å². The van der Waals surface area contributed by atoms with Crippen molar-refractivity contribution in [2.24, 2.45) is 0 Å². The van der Waals surface area contributed by atoms with Crippen molar-refractivity contribution in [3.8, 4) is 0 Å². The van der Waals surface area contributed by atoms with E-state index in [0.29, 0.717) is 19.3 Å². The molecular weight excluding hydrogens is 853 g/mol. The van der Waals surface area contributed by atoms with Gasteiger partial charge in [0.05, 0.1) is 0 Å². The lowest BCUT2D eigenvalue weighted by atomic mass is 10.1. The Morgan fingerprint density at radius 1 is 0.304 bits per heavy atom. The van der Waals surface area contributed by atoms with Gasteiger partial charge in [-0.25, -0.2) is 0 Å². The number of ether oxygens (including phenoxy) is 3. The van der Waals surface area contributed by atoms with Crippen LogP contribution in [0, 0.1) is 0 Å². The summed E-state index contributed by atoms with van der Waals surface area (Å²) in [6.07, 6.45) is 76.5. The zero-order chi connectivity index (χ0) is 50.0. The molecular formula is C63H104O6. The van der Waals surface area contributed by atoms with Gasteiger partial charge in [0.15, 0.2) is 6.10 Å². The Morgan fingerprint density at radius 3 is 0.884 bits per heavy atom. The summed E-state index contributed by atoms with van der Waals surface area (Å²) in [6, 6.07) is 0. The molecule has 0 spiro atoms. The van der Waals surface area contributed by atoms with Gasteiger partial charge in [-0.3, -0.25) is 14.4 Å². The van der Waals surface area contributed by atoms with Crippen molar-refractivity contribution in [1.82, 2.24) is 0 Å². The fourth-order valence-electron chi connectivity index (χ4n) is 7.58. The van der Waals surface area contributed by atoms with Gasteiger partial charge in [-0.05, 0) is 103 Å². The van der Waals surface area contributed by atoms with Crippen LogP contribution < -0.4 is 0 Å². The first-order valence-corrected chi connectivity index (χ1v) is 28.4. The van der Waals surface area contributed by atoms with Crippen LogP contribution in [0.2, 0.25) is 0 Å². The van der Waals surface area contributed by atoms with E-state index in [4.69, 9.17) is 14.2 Å². The highest BCUT2D eigenvalue weighted by Gasteiger charge is 2.19. The van der Waals surface area contributed by atoms with Gasteiger partial charge in [-0.2, -0.15) is 0 Å². The molecule has 0 radical (unpaired) electrons. The van der Waals surface area contributed by atoms with E-state index in [2.05, 4.69) is 130 Å². The minimum atomic E-state index is -0.789. The van der Waals surface area contributed by atoms with Gasteiger partial charge < -0.3 is 14.2 Å². The van der Waals surface area contributed by atoms with Crippen LogP contribution in [0.15, 0.2) is 109 Å². The van der Waals surface area contributed by atoms with E-state index in [9.17, 15) is 14.4 Å². The fraction of sp³-hybridized carbons (Fsp3) is 0.667. The SMILES string of the molecule is CC/C=C\C/C=C\C/C=C\C/C=C\C/C=C\C/C=C\CCCCCCCCC(=O)OCC(COC(=O)CCCCCCCCCCC)OC(=O)CCCCCCCCC/C=C\C/C=C\C/C=C\CC. The number of unbranched alkanes of at least 4 members (excludes halogenated alkanes) is 21. The second kappa shape index (κ2) is 56.7. The molecule has 0 heterocycles. The Kier molecular flexibility index (Phi) is 53.4. The molecule has 0 aromatic rings. The lowest BCUT2D eigenvalue weighted by molar-refractivity contribution is -0.167. The molecule has 1 atom stereocenters. The molecule has 0 amide bonds. The average Bonchev–Trinajstić information content (AvgIpc) is 3.35. The number of allylic oxidation sites excluding steroid dienone is 18. The smallest absolute Gasteiger partial charge is 0.306 e. The zero-order valence-corrected chi connectivity index (χ0v) is 44.8. The van der Waals surface area contributed by atoms with E-state index in [-0.39, 0.29) is 31.1 Å². The number of hydrogen-bond donors (Lipinski definition) is 0. The largest absolute Gasteiger partial charge is 0.462 e. The predicted molar refractivity (Wildman–Crippen MR) is 297 cm³/mol. The molecule has 0 fully saturated rings. The summed E-state index contributed by atoms with van der Waals surface area (Å²) in [6.45, 7) is 6.37. The summed E-state index contributed by atoms with van der Waals surface area (Å²) in [7, 11) is 0. The van der Waals surface area contributed by atoms with Crippen molar-refractivity contribution in [2.75, 3.05) is 13.2 Å². The van der Waals surface area contributed by atoms with Gasteiger partial charge >= 0.3 is 17.9 Å². The Morgan fingerprint density at radius 2 is 0.565 bits per heavy atom.